The number of anilines is 1. The molecule has 8 heteroatoms. The molecule has 0 saturated carbocycles. The second-order valence-electron chi connectivity index (χ2n) is 3.85. The quantitative estimate of drug-likeness (QED) is 0.882. The van der Waals surface area contributed by atoms with Gasteiger partial charge in [-0.25, -0.2) is 8.42 Å². The Bertz CT molecular complexity index is 680. The van der Waals surface area contributed by atoms with Crippen LogP contribution in [0.1, 0.15) is 11.5 Å². The molecule has 0 bridgehead atoms. The molecule has 0 spiro atoms. The number of sulfonamides is 1. The molecular weight excluding hydrogens is 334 g/mol. The van der Waals surface area contributed by atoms with Gasteiger partial charge in [0.2, 0.25) is 0 Å². The molecule has 0 aliphatic heterocycles. The van der Waals surface area contributed by atoms with Crippen LogP contribution in [-0.2, 0) is 16.6 Å². The maximum absolute atomic E-state index is 12.2. The summed E-state index contributed by atoms with van der Waals surface area (Å²) in [6.07, 6.45) is 1.45. The van der Waals surface area contributed by atoms with E-state index in [-0.39, 0.29) is 16.1 Å². The molecule has 0 aromatic carbocycles. The summed E-state index contributed by atoms with van der Waals surface area (Å²) in [6, 6.07) is 4.74. The van der Waals surface area contributed by atoms with Gasteiger partial charge >= 0.3 is 0 Å². The van der Waals surface area contributed by atoms with Crippen molar-refractivity contribution < 1.29 is 12.8 Å². The van der Waals surface area contributed by atoms with Gasteiger partial charge in [-0.2, -0.15) is 0 Å². The smallest absolute Gasteiger partial charge is 0.266 e. The van der Waals surface area contributed by atoms with Crippen molar-refractivity contribution in [1.29, 1.82) is 0 Å². The third-order valence-corrected chi connectivity index (χ3v) is 4.60. The summed E-state index contributed by atoms with van der Waals surface area (Å²) in [5.74, 6) is 0.384. The van der Waals surface area contributed by atoms with Crippen LogP contribution in [0.3, 0.4) is 0 Å². The summed E-state index contributed by atoms with van der Waals surface area (Å²) in [5.41, 5.74) is 6.59. The van der Waals surface area contributed by atoms with Crippen LogP contribution in [0.4, 0.5) is 5.69 Å². The minimum absolute atomic E-state index is 0.00789. The zero-order valence-electron chi connectivity index (χ0n) is 10.1. The second kappa shape index (κ2) is 5.32. The number of rotatable bonds is 4. The van der Waals surface area contributed by atoms with E-state index in [0.29, 0.717) is 11.4 Å². The van der Waals surface area contributed by atoms with Gasteiger partial charge in [0.05, 0.1) is 18.4 Å². The van der Waals surface area contributed by atoms with Crippen molar-refractivity contribution in [3.8, 4) is 0 Å². The predicted octanol–water partition coefficient (Wildman–Crippen LogP) is 2.01. The second-order valence-corrected chi connectivity index (χ2v) is 6.22. The Balaban J connectivity index is 2.31. The number of aryl methyl sites for hydroxylation is 1. The van der Waals surface area contributed by atoms with E-state index in [1.807, 2.05) is 6.92 Å². The van der Waals surface area contributed by atoms with E-state index < -0.39 is 10.0 Å². The summed E-state index contributed by atoms with van der Waals surface area (Å²) < 4.78 is 32.0. The Kier molecular flexibility index (Phi) is 3.93. The van der Waals surface area contributed by atoms with Gasteiger partial charge in [-0.1, -0.05) is 0 Å². The van der Waals surface area contributed by atoms with Crippen molar-refractivity contribution in [3.63, 3.8) is 0 Å². The molecular formula is C11H12BrN3O3S. The Morgan fingerprint density at radius 2 is 2.21 bits per heavy atom. The van der Waals surface area contributed by atoms with E-state index >= 15 is 0 Å². The number of nitrogens with two attached hydrogens (primary N) is 1. The number of pyridine rings is 1. The lowest BCUT2D eigenvalue weighted by molar-refractivity contribution is 0.484. The Morgan fingerprint density at radius 1 is 1.47 bits per heavy atom. The molecule has 0 radical (unpaired) electrons. The summed E-state index contributed by atoms with van der Waals surface area (Å²) >= 11 is 3.06. The maximum atomic E-state index is 12.2. The van der Waals surface area contributed by atoms with E-state index in [2.05, 4.69) is 25.6 Å². The van der Waals surface area contributed by atoms with Gasteiger partial charge in [0, 0.05) is 11.8 Å². The highest BCUT2D eigenvalue weighted by Crippen LogP contribution is 2.27. The average molecular weight is 346 g/mol. The minimum atomic E-state index is -3.73. The lowest BCUT2D eigenvalue weighted by atomic mass is 10.4. The number of hydrogen-bond acceptors (Lipinski definition) is 5. The minimum Gasteiger partial charge on any atom is -0.452 e. The molecule has 102 valence electrons. The number of nitrogens with one attached hydrogen (secondary N) is 1. The van der Waals surface area contributed by atoms with Crippen LogP contribution in [-0.4, -0.2) is 13.4 Å². The lowest BCUT2D eigenvalue weighted by Crippen LogP contribution is -2.13. The highest BCUT2D eigenvalue weighted by molar-refractivity contribution is 9.10. The fourth-order valence-corrected chi connectivity index (χ4v) is 3.46. The molecule has 6 nitrogen and oxygen atoms in total. The molecule has 0 saturated heterocycles. The summed E-state index contributed by atoms with van der Waals surface area (Å²) in [5, 5.41) is 0. The molecule has 0 aliphatic carbocycles. The largest absolute Gasteiger partial charge is 0.452 e. The number of hydrogen-bond donors (Lipinski definition) is 2. The Hall–Kier alpha value is -1.38. The van der Waals surface area contributed by atoms with Gasteiger partial charge in [0.15, 0.2) is 4.67 Å². The first-order chi connectivity index (χ1) is 8.92. The van der Waals surface area contributed by atoms with E-state index in [1.54, 1.807) is 12.1 Å². The van der Waals surface area contributed by atoms with Crippen molar-refractivity contribution in [2.24, 2.45) is 5.73 Å². The molecule has 0 aliphatic rings. The Labute approximate surface area is 119 Å². The maximum Gasteiger partial charge on any atom is 0.266 e. The number of nitrogens with zero attached hydrogens (tertiary/aromatic N) is 1. The molecule has 0 fully saturated rings. The van der Waals surface area contributed by atoms with Gasteiger partial charge in [-0.15, -0.1) is 0 Å². The molecule has 2 aromatic rings. The number of halogens is 1. The van der Waals surface area contributed by atoms with E-state index in [9.17, 15) is 8.42 Å². The average Bonchev–Trinajstić information content (AvgIpc) is 2.74. The highest BCUT2D eigenvalue weighted by Gasteiger charge is 2.22. The van der Waals surface area contributed by atoms with Crippen LogP contribution in [0.2, 0.25) is 0 Å². The van der Waals surface area contributed by atoms with Gasteiger partial charge in [0.1, 0.15) is 10.7 Å². The summed E-state index contributed by atoms with van der Waals surface area (Å²) in [4.78, 5) is 4.03. The highest BCUT2D eigenvalue weighted by atomic mass is 79.9. The predicted molar refractivity (Wildman–Crippen MR) is 74.1 cm³/mol. The standard InChI is InChI=1S/C11H12BrN3O3S/c1-7-2-3-8(6-14-7)15-19(16,17)10-4-9(5-13)18-11(10)12/h2-4,6,15H,5,13H2,1H3. The first-order valence-corrected chi connectivity index (χ1v) is 7.64. The van der Waals surface area contributed by atoms with Crippen molar-refractivity contribution in [3.05, 3.63) is 40.5 Å². The van der Waals surface area contributed by atoms with Gasteiger partial charge in [0.25, 0.3) is 10.0 Å². The van der Waals surface area contributed by atoms with Gasteiger partial charge in [-0.3, -0.25) is 9.71 Å². The number of aromatic nitrogens is 1. The molecule has 2 rings (SSSR count). The van der Waals surface area contributed by atoms with Crippen LogP contribution < -0.4 is 10.5 Å². The molecule has 0 unspecified atom stereocenters. The number of furan rings is 1. The zero-order valence-corrected chi connectivity index (χ0v) is 12.5. The van der Waals surface area contributed by atoms with Crippen molar-refractivity contribution in [2.45, 2.75) is 18.4 Å². The first-order valence-electron chi connectivity index (χ1n) is 5.36. The SMILES string of the molecule is Cc1ccc(NS(=O)(=O)c2cc(CN)oc2Br)cn1. The molecule has 3 N–H and O–H groups in total. The van der Waals surface area contributed by atoms with Crippen molar-refractivity contribution in [1.82, 2.24) is 4.98 Å². The van der Waals surface area contributed by atoms with Crippen LogP contribution in [0.5, 0.6) is 0 Å². The first kappa shape index (κ1) is 14.0. The van der Waals surface area contributed by atoms with Crippen LogP contribution in [0.15, 0.2) is 38.4 Å². The van der Waals surface area contributed by atoms with Crippen molar-refractivity contribution in [2.75, 3.05) is 4.72 Å². The fraction of sp³-hybridized carbons (Fsp3) is 0.182. The van der Waals surface area contributed by atoms with Gasteiger partial charge < -0.3 is 10.2 Å². The molecule has 0 atom stereocenters. The monoisotopic (exact) mass is 345 g/mol. The van der Waals surface area contributed by atoms with E-state index in [4.69, 9.17) is 10.2 Å². The van der Waals surface area contributed by atoms with E-state index in [0.717, 1.165) is 5.69 Å². The van der Waals surface area contributed by atoms with Gasteiger partial charge in [-0.05, 0) is 35.0 Å². The zero-order chi connectivity index (χ0) is 14.0. The Morgan fingerprint density at radius 3 is 2.74 bits per heavy atom. The molecule has 2 aromatic heterocycles. The summed E-state index contributed by atoms with van der Waals surface area (Å²) in [6.45, 7) is 1.94. The van der Waals surface area contributed by atoms with E-state index in [1.165, 1.54) is 12.3 Å². The fourth-order valence-electron chi connectivity index (χ4n) is 1.42. The lowest BCUT2D eigenvalue weighted by Gasteiger charge is -2.06. The third-order valence-electron chi connectivity index (χ3n) is 2.36. The summed E-state index contributed by atoms with van der Waals surface area (Å²) in [7, 11) is -3.73. The third kappa shape index (κ3) is 3.14. The molecule has 0 amide bonds. The van der Waals surface area contributed by atoms with Crippen LogP contribution in [0.25, 0.3) is 0 Å². The normalized spacial score (nSPS) is 11.5. The van der Waals surface area contributed by atoms with Crippen LogP contribution >= 0.6 is 15.9 Å². The topological polar surface area (TPSA) is 98.2 Å². The molecule has 2 heterocycles. The van der Waals surface area contributed by atoms with Crippen LogP contribution in [0, 0.1) is 6.92 Å². The molecule has 19 heavy (non-hydrogen) atoms. The van der Waals surface area contributed by atoms with Crippen molar-refractivity contribution >= 4 is 31.6 Å².